The zero-order chi connectivity index (χ0) is 12.1. The van der Waals surface area contributed by atoms with Crippen molar-refractivity contribution in [2.24, 2.45) is 0 Å². The highest BCUT2D eigenvalue weighted by molar-refractivity contribution is 9.10. The molecule has 6 heteroatoms. The van der Waals surface area contributed by atoms with Crippen molar-refractivity contribution in [1.82, 2.24) is 20.3 Å². The molecule has 2 N–H and O–H groups in total. The Balaban J connectivity index is 1.85. The second-order valence-corrected chi connectivity index (χ2v) is 4.22. The van der Waals surface area contributed by atoms with E-state index in [0.29, 0.717) is 23.1 Å². The van der Waals surface area contributed by atoms with Crippen LogP contribution in [0.25, 0.3) is 0 Å². The normalized spacial score (nSPS) is 10.2. The molecule has 0 aliphatic rings. The van der Waals surface area contributed by atoms with E-state index >= 15 is 0 Å². The lowest BCUT2D eigenvalue weighted by atomic mass is 10.2. The van der Waals surface area contributed by atoms with Crippen LogP contribution in [0.3, 0.4) is 0 Å². The van der Waals surface area contributed by atoms with Crippen molar-refractivity contribution in [2.75, 3.05) is 6.54 Å². The molecule has 0 unspecified atom stereocenters. The van der Waals surface area contributed by atoms with Crippen LogP contribution in [-0.2, 0) is 6.42 Å². The van der Waals surface area contributed by atoms with Crippen LogP contribution in [0.1, 0.15) is 16.2 Å². The Labute approximate surface area is 107 Å². The summed E-state index contributed by atoms with van der Waals surface area (Å²) in [6, 6.07) is 3.36. The number of aromatic nitrogens is 3. The van der Waals surface area contributed by atoms with Gasteiger partial charge < -0.3 is 10.3 Å². The van der Waals surface area contributed by atoms with E-state index in [0.717, 1.165) is 5.82 Å². The van der Waals surface area contributed by atoms with E-state index in [9.17, 15) is 4.79 Å². The van der Waals surface area contributed by atoms with Crippen LogP contribution in [-0.4, -0.2) is 27.4 Å². The lowest BCUT2D eigenvalue weighted by molar-refractivity contribution is 0.0954. The van der Waals surface area contributed by atoms with E-state index < -0.39 is 0 Å². The van der Waals surface area contributed by atoms with Gasteiger partial charge in [0.15, 0.2) is 0 Å². The average molecular weight is 295 g/mol. The van der Waals surface area contributed by atoms with E-state index in [4.69, 9.17) is 0 Å². The molecule has 0 fully saturated rings. The highest BCUT2D eigenvalue weighted by Gasteiger charge is 2.05. The van der Waals surface area contributed by atoms with Gasteiger partial charge in [-0.25, -0.2) is 9.97 Å². The zero-order valence-corrected chi connectivity index (χ0v) is 10.6. The molecule has 17 heavy (non-hydrogen) atoms. The first kappa shape index (κ1) is 11.8. The number of imidazole rings is 1. The van der Waals surface area contributed by atoms with Crippen molar-refractivity contribution in [3.8, 4) is 0 Å². The molecule has 5 nitrogen and oxygen atoms in total. The van der Waals surface area contributed by atoms with Crippen molar-refractivity contribution in [2.45, 2.75) is 6.42 Å². The SMILES string of the molecule is O=C(NCCc1ncc[nH]1)c1ccnc(Br)c1. The standard InChI is InChI=1S/C11H11BrN4O/c12-9-7-8(1-3-13-9)11(17)16-4-2-10-14-5-6-15-10/h1,3,5-7H,2,4H2,(H,14,15)(H,16,17). The topological polar surface area (TPSA) is 70.7 Å². The van der Waals surface area contributed by atoms with Crippen LogP contribution in [0.5, 0.6) is 0 Å². The largest absolute Gasteiger partial charge is 0.352 e. The Morgan fingerprint density at radius 2 is 2.29 bits per heavy atom. The molecule has 0 aromatic carbocycles. The summed E-state index contributed by atoms with van der Waals surface area (Å²) in [6.45, 7) is 0.548. The van der Waals surface area contributed by atoms with E-state index in [1.54, 1.807) is 30.7 Å². The van der Waals surface area contributed by atoms with E-state index in [2.05, 4.69) is 36.2 Å². The summed E-state index contributed by atoms with van der Waals surface area (Å²) >= 11 is 3.22. The number of hydrogen-bond acceptors (Lipinski definition) is 3. The molecule has 0 bridgehead atoms. The minimum absolute atomic E-state index is 0.111. The van der Waals surface area contributed by atoms with Gasteiger partial charge in [-0.2, -0.15) is 0 Å². The summed E-state index contributed by atoms with van der Waals surface area (Å²) < 4.78 is 0.649. The lowest BCUT2D eigenvalue weighted by Crippen LogP contribution is -2.25. The van der Waals surface area contributed by atoms with Gasteiger partial charge in [0.25, 0.3) is 5.91 Å². The molecule has 0 spiro atoms. The predicted octanol–water partition coefficient (Wildman–Crippen LogP) is 1.54. The summed E-state index contributed by atoms with van der Waals surface area (Å²) in [7, 11) is 0. The number of nitrogens with zero attached hydrogens (tertiary/aromatic N) is 2. The monoisotopic (exact) mass is 294 g/mol. The molecular weight excluding hydrogens is 284 g/mol. The molecule has 0 aliphatic heterocycles. The minimum atomic E-state index is -0.111. The van der Waals surface area contributed by atoms with Gasteiger partial charge in [-0.3, -0.25) is 4.79 Å². The number of amides is 1. The summed E-state index contributed by atoms with van der Waals surface area (Å²) in [4.78, 5) is 22.8. The molecule has 88 valence electrons. The first-order valence-corrected chi connectivity index (χ1v) is 5.93. The molecule has 0 aliphatic carbocycles. The van der Waals surface area contributed by atoms with Crippen LogP contribution in [0.4, 0.5) is 0 Å². The third-order valence-corrected chi connectivity index (χ3v) is 2.62. The molecule has 2 aromatic rings. The van der Waals surface area contributed by atoms with Gasteiger partial charge in [-0.15, -0.1) is 0 Å². The molecule has 2 rings (SSSR count). The summed E-state index contributed by atoms with van der Waals surface area (Å²) in [5.41, 5.74) is 0.589. The maximum atomic E-state index is 11.7. The highest BCUT2D eigenvalue weighted by Crippen LogP contribution is 2.07. The van der Waals surface area contributed by atoms with Crippen molar-refractivity contribution < 1.29 is 4.79 Å². The second kappa shape index (κ2) is 5.58. The van der Waals surface area contributed by atoms with Crippen molar-refractivity contribution in [1.29, 1.82) is 0 Å². The Hall–Kier alpha value is -1.69. The molecule has 0 saturated heterocycles. The Kier molecular flexibility index (Phi) is 3.87. The Bertz CT molecular complexity index is 498. The first-order valence-electron chi connectivity index (χ1n) is 5.14. The first-order chi connectivity index (χ1) is 8.25. The minimum Gasteiger partial charge on any atom is -0.352 e. The zero-order valence-electron chi connectivity index (χ0n) is 8.98. The number of rotatable bonds is 4. The van der Waals surface area contributed by atoms with Gasteiger partial charge in [0.2, 0.25) is 0 Å². The average Bonchev–Trinajstić information content (AvgIpc) is 2.82. The van der Waals surface area contributed by atoms with E-state index in [1.807, 2.05) is 0 Å². The summed E-state index contributed by atoms with van der Waals surface area (Å²) in [5, 5.41) is 2.82. The highest BCUT2D eigenvalue weighted by atomic mass is 79.9. The third kappa shape index (κ3) is 3.39. The van der Waals surface area contributed by atoms with Crippen LogP contribution in [0.15, 0.2) is 35.3 Å². The van der Waals surface area contributed by atoms with Crippen LogP contribution < -0.4 is 5.32 Å². The maximum absolute atomic E-state index is 11.7. The second-order valence-electron chi connectivity index (χ2n) is 3.41. The Morgan fingerprint density at radius 3 is 3.00 bits per heavy atom. The van der Waals surface area contributed by atoms with Crippen molar-refractivity contribution in [3.63, 3.8) is 0 Å². The maximum Gasteiger partial charge on any atom is 0.251 e. The molecule has 2 aromatic heterocycles. The van der Waals surface area contributed by atoms with Gasteiger partial charge in [0.05, 0.1) is 0 Å². The van der Waals surface area contributed by atoms with Gasteiger partial charge in [0.1, 0.15) is 10.4 Å². The van der Waals surface area contributed by atoms with Gasteiger partial charge in [-0.1, -0.05) is 0 Å². The number of halogens is 1. The van der Waals surface area contributed by atoms with Gasteiger partial charge in [0, 0.05) is 37.1 Å². The molecule has 2 heterocycles. The van der Waals surface area contributed by atoms with Crippen LogP contribution in [0, 0.1) is 0 Å². The van der Waals surface area contributed by atoms with E-state index in [-0.39, 0.29) is 5.91 Å². The van der Waals surface area contributed by atoms with Gasteiger partial charge >= 0.3 is 0 Å². The summed E-state index contributed by atoms with van der Waals surface area (Å²) in [5.74, 6) is 0.751. The van der Waals surface area contributed by atoms with Crippen LogP contribution in [0.2, 0.25) is 0 Å². The fourth-order valence-corrected chi connectivity index (χ4v) is 1.74. The number of carbonyl (C=O) groups excluding carboxylic acids is 1. The molecule has 0 radical (unpaired) electrons. The fourth-order valence-electron chi connectivity index (χ4n) is 1.37. The van der Waals surface area contributed by atoms with Crippen molar-refractivity contribution >= 4 is 21.8 Å². The third-order valence-electron chi connectivity index (χ3n) is 2.19. The molecule has 0 saturated carbocycles. The lowest BCUT2D eigenvalue weighted by Gasteiger charge is -2.03. The number of aromatic amines is 1. The van der Waals surface area contributed by atoms with E-state index in [1.165, 1.54) is 0 Å². The number of carbonyl (C=O) groups is 1. The molecular formula is C11H11BrN4O. The fraction of sp³-hybridized carbons (Fsp3) is 0.182. The number of hydrogen-bond donors (Lipinski definition) is 2. The summed E-state index contributed by atoms with van der Waals surface area (Å²) in [6.07, 6.45) is 5.73. The number of pyridine rings is 1. The quantitative estimate of drug-likeness (QED) is 0.841. The predicted molar refractivity (Wildman–Crippen MR) is 66.6 cm³/mol. The van der Waals surface area contributed by atoms with Gasteiger partial charge in [-0.05, 0) is 28.1 Å². The van der Waals surface area contributed by atoms with Crippen molar-refractivity contribution in [3.05, 3.63) is 46.7 Å². The molecule has 1 amide bonds. The molecule has 0 atom stereocenters. The number of nitrogens with one attached hydrogen (secondary N) is 2. The Morgan fingerprint density at radius 1 is 1.41 bits per heavy atom. The van der Waals surface area contributed by atoms with Crippen LogP contribution >= 0.6 is 15.9 Å². The number of H-pyrrole nitrogens is 1. The smallest absolute Gasteiger partial charge is 0.251 e.